The van der Waals surface area contributed by atoms with Crippen molar-refractivity contribution in [1.82, 2.24) is 14.8 Å². The maximum atomic E-state index is 14.1. The molecule has 110 valence electrons. The van der Waals surface area contributed by atoms with E-state index < -0.39 is 5.82 Å². The van der Waals surface area contributed by atoms with Crippen molar-refractivity contribution in [2.45, 2.75) is 18.9 Å². The molecule has 1 fully saturated rings. The fraction of sp³-hybridized carbons (Fsp3) is 0.538. The molecule has 1 aromatic heterocycles. The number of carbonyl (C=O) groups is 1. The van der Waals surface area contributed by atoms with Crippen molar-refractivity contribution < 1.29 is 9.18 Å². The molecule has 0 aliphatic carbocycles. The molecular weight excluding hydrogens is 261 g/mol. The predicted octanol–water partition coefficient (Wildman–Crippen LogP) is 0.672. The summed E-state index contributed by atoms with van der Waals surface area (Å²) in [4.78, 5) is 20.0. The Balaban J connectivity index is 2.14. The summed E-state index contributed by atoms with van der Waals surface area (Å²) in [7, 11) is 3.77. The molecule has 20 heavy (non-hydrogen) atoms. The molecule has 0 atom stereocenters. The van der Waals surface area contributed by atoms with Crippen molar-refractivity contribution in [3.05, 3.63) is 23.6 Å². The molecule has 1 aromatic rings. The van der Waals surface area contributed by atoms with Crippen molar-refractivity contribution in [2.75, 3.05) is 32.6 Å². The van der Waals surface area contributed by atoms with Gasteiger partial charge in [-0.05, 0) is 39.0 Å². The zero-order chi connectivity index (χ0) is 14.7. The summed E-state index contributed by atoms with van der Waals surface area (Å²) in [6, 6.07) is 1.52. The van der Waals surface area contributed by atoms with E-state index in [0.29, 0.717) is 0 Å². The highest BCUT2D eigenvalue weighted by Crippen LogP contribution is 2.20. The number of hydrogen-bond donors (Lipinski definition) is 2. The van der Waals surface area contributed by atoms with E-state index in [1.54, 1.807) is 11.9 Å². The summed E-state index contributed by atoms with van der Waals surface area (Å²) in [6.45, 7) is 1.88. The molecule has 7 heteroatoms. The number of nitrogen functional groups attached to an aromatic ring is 1. The lowest BCUT2D eigenvalue weighted by atomic mass is 10.0. The van der Waals surface area contributed by atoms with Crippen LogP contribution in [0.2, 0.25) is 0 Å². The van der Waals surface area contributed by atoms with Crippen LogP contribution in [0.25, 0.3) is 0 Å². The van der Waals surface area contributed by atoms with Crippen LogP contribution in [-0.4, -0.2) is 53.9 Å². The standard InChI is InChI=1S/C13H20FN5O/c1-18-7-4-9(5-8-18)19(2)13(20)10-3-6-16-12(17-15)11(10)14/h3,6,9H,4-5,7-8,15H2,1-2H3,(H,16,17). The molecule has 1 aliphatic heterocycles. The van der Waals surface area contributed by atoms with Crippen LogP contribution >= 0.6 is 0 Å². The van der Waals surface area contributed by atoms with Crippen LogP contribution in [0.4, 0.5) is 10.2 Å². The van der Waals surface area contributed by atoms with Gasteiger partial charge in [0.15, 0.2) is 11.6 Å². The summed E-state index contributed by atoms with van der Waals surface area (Å²) in [5.41, 5.74) is 2.15. The van der Waals surface area contributed by atoms with Gasteiger partial charge in [-0.15, -0.1) is 0 Å². The summed E-state index contributed by atoms with van der Waals surface area (Å²) < 4.78 is 14.1. The third kappa shape index (κ3) is 2.88. The smallest absolute Gasteiger partial charge is 0.257 e. The van der Waals surface area contributed by atoms with Crippen molar-refractivity contribution in [3.63, 3.8) is 0 Å². The van der Waals surface area contributed by atoms with E-state index in [-0.39, 0.29) is 23.3 Å². The van der Waals surface area contributed by atoms with Crippen LogP contribution in [0.5, 0.6) is 0 Å². The summed E-state index contributed by atoms with van der Waals surface area (Å²) in [6.07, 6.45) is 3.16. The summed E-state index contributed by atoms with van der Waals surface area (Å²) in [5.74, 6) is 4.01. The SMILES string of the molecule is CN1CCC(N(C)C(=O)c2ccnc(NN)c2F)CC1. The molecule has 0 aromatic carbocycles. The average molecular weight is 281 g/mol. The number of piperidine rings is 1. The van der Waals surface area contributed by atoms with Crippen molar-refractivity contribution in [3.8, 4) is 0 Å². The molecule has 0 spiro atoms. The number of anilines is 1. The van der Waals surface area contributed by atoms with Crippen LogP contribution in [0.15, 0.2) is 12.3 Å². The molecule has 6 nitrogen and oxygen atoms in total. The summed E-state index contributed by atoms with van der Waals surface area (Å²) in [5, 5.41) is 0. The van der Waals surface area contributed by atoms with Gasteiger partial charge in [-0.25, -0.2) is 15.2 Å². The van der Waals surface area contributed by atoms with Crippen molar-refractivity contribution in [1.29, 1.82) is 0 Å². The minimum Gasteiger partial charge on any atom is -0.339 e. The number of amides is 1. The number of nitrogens with zero attached hydrogens (tertiary/aromatic N) is 3. The van der Waals surface area contributed by atoms with Gasteiger partial charge in [0, 0.05) is 19.3 Å². The van der Waals surface area contributed by atoms with Gasteiger partial charge < -0.3 is 15.2 Å². The molecule has 1 aliphatic rings. The molecule has 2 rings (SSSR count). The highest BCUT2D eigenvalue weighted by Gasteiger charge is 2.27. The number of halogens is 1. The van der Waals surface area contributed by atoms with Crippen molar-refractivity contribution >= 4 is 11.7 Å². The Hall–Kier alpha value is -1.73. The van der Waals surface area contributed by atoms with E-state index in [9.17, 15) is 9.18 Å². The lowest BCUT2D eigenvalue weighted by Crippen LogP contribution is -2.44. The second-order valence-corrected chi connectivity index (χ2v) is 5.12. The molecule has 1 saturated heterocycles. The summed E-state index contributed by atoms with van der Waals surface area (Å²) >= 11 is 0. The number of pyridine rings is 1. The Morgan fingerprint density at radius 3 is 2.80 bits per heavy atom. The largest absolute Gasteiger partial charge is 0.339 e. The number of rotatable bonds is 3. The maximum absolute atomic E-state index is 14.1. The normalized spacial score (nSPS) is 17.0. The van der Waals surface area contributed by atoms with Gasteiger partial charge in [-0.1, -0.05) is 0 Å². The first-order valence-electron chi connectivity index (χ1n) is 6.61. The third-order valence-corrected chi connectivity index (χ3v) is 3.81. The van der Waals surface area contributed by atoms with E-state index in [0.717, 1.165) is 25.9 Å². The Morgan fingerprint density at radius 1 is 1.55 bits per heavy atom. The van der Waals surface area contributed by atoms with E-state index in [4.69, 9.17) is 5.84 Å². The van der Waals surface area contributed by atoms with Crippen LogP contribution in [-0.2, 0) is 0 Å². The molecule has 0 bridgehead atoms. The second-order valence-electron chi connectivity index (χ2n) is 5.12. The predicted molar refractivity (Wildman–Crippen MR) is 74.6 cm³/mol. The molecule has 2 heterocycles. The van der Waals surface area contributed by atoms with Crippen LogP contribution < -0.4 is 11.3 Å². The Kier molecular flexibility index (Phi) is 4.51. The first kappa shape index (κ1) is 14.7. The minimum absolute atomic E-state index is 0.00521. The minimum atomic E-state index is -0.709. The number of carbonyl (C=O) groups excluding carboxylic acids is 1. The van der Waals surface area contributed by atoms with E-state index in [1.807, 2.05) is 0 Å². The fourth-order valence-electron chi connectivity index (χ4n) is 2.45. The molecule has 0 unspecified atom stereocenters. The average Bonchev–Trinajstić information content (AvgIpc) is 2.47. The van der Waals surface area contributed by atoms with E-state index >= 15 is 0 Å². The fourth-order valence-corrected chi connectivity index (χ4v) is 2.45. The molecule has 0 saturated carbocycles. The Morgan fingerprint density at radius 2 is 2.20 bits per heavy atom. The molecule has 3 N–H and O–H groups in total. The highest BCUT2D eigenvalue weighted by molar-refractivity contribution is 5.95. The first-order valence-corrected chi connectivity index (χ1v) is 6.61. The van der Waals surface area contributed by atoms with Gasteiger partial charge in [0.05, 0.1) is 5.56 Å². The Bertz CT molecular complexity index is 488. The van der Waals surface area contributed by atoms with Gasteiger partial charge >= 0.3 is 0 Å². The molecular formula is C13H20FN5O. The second kappa shape index (κ2) is 6.15. The quantitative estimate of drug-likeness (QED) is 0.629. The molecule has 0 radical (unpaired) electrons. The third-order valence-electron chi connectivity index (χ3n) is 3.81. The lowest BCUT2D eigenvalue weighted by Gasteiger charge is -2.35. The monoisotopic (exact) mass is 281 g/mol. The number of hydrogen-bond acceptors (Lipinski definition) is 5. The zero-order valence-electron chi connectivity index (χ0n) is 11.8. The number of aromatic nitrogens is 1. The maximum Gasteiger partial charge on any atom is 0.257 e. The van der Waals surface area contributed by atoms with Gasteiger partial charge in [0.1, 0.15) is 0 Å². The van der Waals surface area contributed by atoms with E-state index in [2.05, 4.69) is 22.4 Å². The topological polar surface area (TPSA) is 74.5 Å². The number of nitrogens with two attached hydrogens (primary N) is 1. The number of likely N-dealkylation sites (tertiary alicyclic amines) is 1. The highest BCUT2D eigenvalue weighted by atomic mass is 19.1. The van der Waals surface area contributed by atoms with Crippen LogP contribution in [0.1, 0.15) is 23.2 Å². The van der Waals surface area contributed by atoms with Gasteiger partial charge in [-0.2, -0.15) is 0 Å². The number of nitrogens with one attached hydrogen (secondary N) is 1. The van der Waals surface area contributed by atoms with E-state index in [1.165, 1.54) is 12.3 Å². The van der Waals surface area contributed by atoms with Gasteiger partial charge in [0.2, 0.25) is 0 Å². The van der Waals surface area contributed by atoms with Crippen molar-refractivity contribution in [2.24, 2.45) is 5.84 Å². The van der Waals surface area contributed by atoms with Crippen LogP contribution in [0, 0.1) is 5.82 Å². The Labute approximate surface area is 117 Å². The van der Waals surface area contributed by atoms with Gasteiger partial charge in [0.25, 0.3) is 5.91 Å². The molecule has 1 amide bonds. The first-order chi connectivity index (χ1) is 9.54. The van der Waals surface area contributed by atoms with Gasteiger partial charge in [-0.3, -0.25) is 4.79 Å². The van der Waals surface area contributed by atoms with Crippen LogP contribution in [0.3, 0.4) is 0 Å². The lowest BCUT2D eigenvalue weighted by molar-refractivity contribution is 0.0655. The zero-order valence-corrected chi connectivity index (χ0v) is 11.8. The number of hydrazine groups is 1.